The Morgan fingerprint density at radius 3 is 2.28 bits per heavy atom. The van der Waals surface area contributed by atoms with Crippen LogP contribution in [0.5, 0.6) is 0 Å². The summed E-state index contributed by atoms with van der Waals surface area (Å²) in [5.74, 6) is -0.696. The Morgan fingerprint density at radius 2 is 1.84 bits per heavy atom. The number of nitrogens with one attached hydrogen (secondary N) is 2. The lowest BCUT2D eigenvalue weighted by Crippen LogP contribution is -2.54. The Bertz CT molecular complexity index is 476. The van der Waals surface area contributed by atoms with Crippen molar-refractivity contribution >= 4 is 29.7 Å². The number of methoxy groups -OCH3 is 1. The molecule has 0 rings (SSSR count). The number of hydrogen-bond acceptors (Lipinski definition) is 6. The number of esters is 1. The van der Waals surface area contributed by atoms with E-state index in [1.165, 1.54) is 7.11 Å². The minimum atomic E-state index is -0.868. The molecular weight excluding hydrogens is 344 g/mol. The van der Waals surface area contributed by atoms with Crippen molar-refractivity contribution < 1.29 is 23.9 Å². The molecule has 3 atom stereocenters. The van der Waals surface area contributed by atoms with Crippen LogP contribution in [0.1, 0.15) is 34.1 Å². The zero-order valence-corrected chi connectivity index (χ0v) is 16.7. The van der Waals surface area contributed by atoms with Crippen molar-refractivity contribution in [3.63, 3.8) is 0 Å². The van der Waals surface area contributed by atoms with Crippen LogP contribution < -0.4 is 10.6 Å². The lowest BCUT2D eigenvalue weighted by atomic mass is 10.0. The van der Waals surface area contributed by atoms with Gasteiger partial charge >= 0.3 is 12.1 Å². The molecule has 0 spiro atoms. The Balaban J connectivity index is 5.10. The maximum atomic E-state index is 12.6. The van der Waals surface area contributed by atoms with E-state index in [0.29, 0.717) is 12.2 Å². The zero-order chi connectivity index (χ0) is 19.6. The summed E-state index contributed by atoms with van der Waals surface area (Å²) in [6.45, 7) is 10.6. The van der Waals surface area contributed by atoms with Crippen LogP contribution in [-0.4, -0.2) is 54.8 Å². The molecular formula is C17H30N2O5S. The van der Waals surface area contributed by atoms with Crippen molar-refractivity contribution in [3.05, 3.63) is 12.7 Å². The van der Waals surface area contributed by atoms with E-state index in [4.69, 9.17) is 9.47 Å². The molecule has 25 heavy (non-hydrogen) atoms. The molecule has 0 fully saturated rings. The summed E-state index contributed by atoms with van der Waals surface area (Å²) in [7, 11) is 1.25. The van der Waals surface area contributed by atoms with Crippen molar-refractivity contribution in [2.24, 2.45) is 5.92 Å². The number of hydrogen-bond donors (Lipinski definition) is 2. The Morgan fingerprint density at radius 1 is 1.24 bits per heavy atom. The maximum Gasteiger partial charge on any atom is 0.408 e. The number of amides is 2. The molecule has 0 aliphatic carbocycles. The third-order valence-corrected chi connectivity index (χ3v) is 3.91. The van der Waals surface area contributed by atoms with Crippen LogP contribution in [0.4, 0.5) is 4.79 Å². The summed E-state index contributed by atoms with van der Waals surface area (Å²) in [5, 5.41) is 5.19. The van der Waals surface area contributed by atoms with Crippen molar-refractivity contribution in [1.29, 1.82) is 0 Å². The molecule has 0 aliphatic heterocycles. The molecule has 2 amide bonds. The maximum absolute atomic E-state index is 12.6. The standard InChI is InChI=1S/C17H30N2O5S/c1-8-11(2)13(15(21)23-6)19-14(20)12(9-10-25-7)18-16(22)24-17(3,4)5/h8,11-13H,1,9-10H2,2-7H3,(H,18,22)(H,19,20)/t11-,12-,13-/m0/s1. The fourth-order valence-corrected chi connectivity index (χ4v) is 2.35. The van der Waals surface area contributed by atoms with Crippen LogP contribution in [0, 0.1) is 5.92 Å². The van der Waals surface area contributed by atoms with Gasteiger partial charge in [-0.2, -0.15) is 11.8 Å². The molecule has 0 bridgehead atoms. The van der Waals surface area contributed by atoms with Gasteiger partial charge in [0.15, 0.2) is 0 Å². The Labute approximate surface area is 154 Å². The van der Waals surface area contributed by atoms with Gasteiger partial charge in [0.25, 0.3) is 0 Å². The number of alkyl carbamates (subject to hydrolysis) is 1. The molecule has 0 aliphatic rings. The van der Waals surface area contributed by atoms with E-state index in [1.807, 2.05) is 6.26 Å². The largest absolute Gasteiger partial charge is 0.467 e. The van der Waals surface area contributed by atoms with E-state index in [1.54, 1.807) is 45.5 Å². The molecule has 0 aromatic heterocycles. The molecule has 0 aromatic carbocycles. The average molecular weight is 375 g/mol. The quantitative estimate of drug-likeness (QED) is 0.474. The summed E-state index contributed by atoms with van der Waals surface area (Å²) in [6.07, 6.45) is 3.18. The lowest BCUT2D eigenvalue weighted by Gasteiger charge is -2.26. The monoisotopic (exact) mass is 374 g/mol. The van der Waals surface area contributed by atoms with Crippen LogP contribution in [0.15, 0.2) is 12.7 Å². The first-order valence-corrected chi connectivity index (χ1v) is 9.44. The Hall–Kier alpha value is -1.70. The minimum absolute atomic E-state index is 0.320. The molecule has 0 unspecified atom stereocenters. The van der Waals surface area contributed by atoms with Crippen LogP contribution >= 0.6 is 11.8 Å². The summed E-state index contributed by atoms with van der Waals surface area (Å²) in [4.78, 5) is 36.4. The zero-order valence-electron chi connectivity index (χ0n) is 15.9. The molecule has 0 heterocycles. The van der Waals surface area contributed by atoms with Crippen molar-refractivity contribution in [2.45, 2.75) is 51.8 Å². The topological polar surface area (TPSA) is 93.7 Å². The summed E-state index contributed by atoms with van der Waals surface area (Å²) in [6, 6.07) is -1.68. The van der Waals surface area contributed by atoms with Gasteiger partial charge in [0.2, 0.25) is 5.91 Å². The molecule has 0 saturated carbocycles. The number of thioether (sulfide) groups is 1. The fourth-order valence-electron chi connectivity index (χ4n) is 1.88. The highest BCUT2D eigenvalue weighted by Gasteiger charge is 2.30. The van der Waals surface area contributed by atoms with E-state index in [-0.39, 0.29) is 5.92 Å². The predicted octanol–water partition coefficient (Wildman–Crippen LogP) is 2.11. The van der Waals surface area contributed by atoms with Crippen molar-refractivity contribution in [1.82, 2.24) is 10.6 Å². The lowest BCUT2D eigenvalue weighted by molar-refractivity contribution is -0.146. The number of carbonyl (C=O) groups is 3. The van der Waals surface area contributed by atoms with Crippen LogP contribution in [0.25, 0.3) is 0 Å². The SMILES string of the molecule is C=C[C@H](C)[C@H](NC(=O)[C@H](CCSC)NC(=O)OC(C)(C)C)C(=O)OC. The number of ether oxygens (including phenoxy) is 2. The first-order valence-electron chi connectivity index (χ1n) is 8.05. The van der Waals surface area contributed by atoms with Gasteiger partial charge in [0.05, 0.1) is 7.11 Å². The number of carbonyl (C=O) groups excluding carboxylic acids is 3. The smallest absolute Gasteiger partial charge is 0.408 e. The van der Waals surface area contributed by atoms with Crippen molar-refractivity contribution in [3.8, 4) is 0 Å². The highest BCUT2D eigenvalue weighted by atomic mass is 32.2. The molecule has 7 nitrogen and oxygen atoms in total. The van der Waals surface area contributed by atoms with E-state index < -0.39 is 35.7 Å². The van der Waals surface area contributed by atoms with Gasteiger partial charge in [-0.25, -0.2) is 9.59 Å². The van der Waals surface area contributed by atoms with Gasteiger partial charge in [-0.3, -0.25) is 4.79 Å². The third-order valence-electron chi connectivity index (χ3n) is 3.27. The fraction of sp³-hybridized carbons (Fsp3) is 0.706. The number of rotatable bonds is 9. The predicted molar refractivity (Wildman–Crippen MR) is 99.5 cm³/mol. The molecule has 144 valence electrons. The third kappa shape index (κ3) is 9.38. The van der Waals surface area contributed by atoms with E-state index in [2.05, 4.69) is 17.2 Å². The van der Waals surface area contributed by atoms with Gasteiger partial charge in [0.1, 0.15) is 17.7 Å². The van der Waals surface area contributed by atoms with E-state index in [0.717, 1.165) is 0 Å². The molecule has 8 heteroatoms. The van der Waals surface area contributed by atoms with Gasteiger partial charge in [-0.1, -0.05) is 13.0 Å². The average Bonchev–Trinajstić information content (AvgIpc) is 2.52. The second-order valence-corrected chi connectivity index (χ2v) is 7.57. The van der Waals surface area contributed by atoms with Gasteiger partial charge in [-0.05, 0) is 39.2 Å². The van der Waals surface area contributed by atoms with Crippen LogP contribution in [-0.2, 0) is 19.1 Å². The van der Waals surface area contributed by atoms with Gasteiger partial charge in [-0.15, -0.1) is 6.58 Å². The second-order valence-electron chi connectivity index (χ2n) is 6.58. The van der Waals surface area contributed by atoms with Crippen LogP contribution in [0.3, 0.4) is 0 Å². The summed E-state index contributed by atoms with van der Waals surface area (Å²) in [5.41, 5.74) is -0.670. The van der Waals surface area contributed by atoms with Gasteiger partial charge in [0, 0.05) is 5.92 Å². The van der Waals surface area contributed by atoms with Crippen LogP contribution in [0.2, 0.25) is 0 Å². The molecule has 2 N–H and O–H groups in total. The van der Waals surface area contributed by atoms with E-state index >= 15 is 0 Å². The first-order chi connectivity index (χ1) is 11.6. The normalized spacial score (nSPS) is 14.6. The minimum Gasteiger partial charge on any atom is -0.467 e. The first kappa shape index (κ1) is 23.3. The summed E-state index contributed by atoms with van der Waals surface area (Å²) < 4.78 is 9.92. The second kappa shape index (κ2) is 11.0. The summed E-state index contributed by atoms with van der Waals surface area (Å²) >= 11 is 1.55. The van der Waals surface area contributed by atoms with Gasteiger partial charge < -0.3 is 20.1 Å². The molecule has 0 saturated heterocycles. The molecule has 0 radical (unpaired) electrons. The highest BCUT2D eigenvalue weighted by molar-refractivity contribution is 7.98. The van der Waals surface area contributed by atoms with Crippen molar-refractivity contribution in [2.75, 3.05) is 19.1 Å². The molecule has 0 aromatic rings. The van der Waals surface area contributed by atoms with E-state index in [9.17, 15) is 14.4 Å². The Kier molecular flexibility index (Phi) is 10.3. The highest BCUT2D eigenvalue weighted by Crippen LogP contribution is 2.10.